The summed E-state index contributed by atoms with van der Waals surface area (Å²) in [5, 5.41) is 3.31. The van der Waals surface area contributed by atoms with Crippen molar-refractivity contribution in [3.63, 3.8) is 0 Å². The molecule has 0 bridgehead atoms. The van der Waals surface area contributed by atoms with E-state index in [1.165, 1.54) is 43.7 Å². The average molecular weight is 266 g/mol. The van der Waals surface area contributed by atoms with Crippen LogP contribution >= 0.6 is 11.3 Å². The Hall–Kier alpha value is -1.23. The van der Waals surface area contributed by atoms with E-state index in [-0.39, 0.29) is 11.7 Å². The van der Waals surface area contributed by atoms with E-state index in [4.69, 9.17) is 0 Å². The zero-order valence-electron chi connectivity index (χ0n) is 10.6. The van der Waals surface area contributed by atoms with Gasteiger partial charge < -0.3 is 5.32 Å². The van der Waals surface area contributed by atoms with Crippen LogP contribution in [0, 0.1) is 5.92 Å². The molecule has 1 saturated carbocycles. The lowest BCUT2D eigenvalue weighted by molar-refractivity contribution is -0.117. The summed E-state index contributed by atoms with van der Waals surface area (Å²) in [6, 6.07) is 0. The summed E-state index contributed by atoms with van der Waals surface area (Å²) in [6.07, 6.45) is 8.19. The molecule has 0 radical (unpaired) electrons. The lowest BCUT2D eigenvalue weighted by Crippen LogP contribution is -2.18. The van der Waals surface area contributed by atoms with Gasteiger partial charge in [0.1, 0.15) is 0 Å². The van der Waals surface area contributed by atoms with Gasteiger partial charge in [-0.3, -0.25) is 9.59 Å². The fraction of sp³-hybridized carbons (Fsp3) is 0.615. The van der Waals surface area contributed by atoms with Crippen molar-refractivity contribution >= 4 is 28.2 Å². The van der Waals surface area contributed by atoms with Gasteiger partial charge in [0.05, 0.1) is 11.1 Å². The van der Waals surface area contributed by atoms with E-state index < -0.39 is 0 Å². The molecule has 0 aromatic carbocycles. The lowest BCUT2D eigenvalue weighted by Gasteiger charge is -2.20. The van der Waals surface area contributed by atoms with Gasteiger partial charge in [-0.1, -0.05) is 30.6 Å². The van der Waals surface area contributed by atoms with Crippen LogP contribution in [0.1, 0.15) is 55.1 Å². The smallest absolute Gasteiger partial charge is 0.226 e. The number of nitrogens with zero attached hydrogens (tertiary/aromatic N) is 1. The molecule has 1 aromatic heterocycles. The van der Waals surface area contributed by atoms with E-state index in [1.807, 2.05) is 0 Å². The number of carbonyl (C=O) groups is 2. The summed E-state index contributed by atoms with van der Waals surface area (Å²) >= 11 is 1.24. The normalized spacial score (nSPS) is 16.5. The quantitative estimate of drug-likeness (QED) is 0.851. The highest BCUT2D eigenvalue weighted by Crippen LogP contribution is 2.27. The van der Waals surface area contributed by atoms with Crippen LogP contribution in [0.2, 0.25) is 0 Å². The Morgan fingerprint density at radius 2 is 2.11 bits per heavy atom. The maximum Gasteiger partial charge on any atom is 0.226 e. The Balaban J connectivity index is 1.84. The molecule has 1 aliphatic carbocycles. The van der Waals surface area contributed by atoms with Gasteiger partial charge >= 0.3 is 0 Å². The molecule has 1 amide bonds. The van der Waals surface area contributed by atoms with E-state index in [0.29, 0.717) is 22.3 Å². The van der Waals surface area contributed by atoms with Crippen molar-refractivity contribution in [2.45, 2.75) is 45.4 Å². The minimum atomic E-state index is -0.0136. The Morgan fingerprint density at radius 3 is 2.72 bits per heavy atom. The van der Waals surface area contributed by atoms with E-state index in [9.17, 15) is 9.59 Å². The molecule has 0 unspecified atom stereocenters. The zero-order chi connectivity index (χ0) is 13.0. The van der Waals surface area contributed by atoms with Gasteiger partial charge in [0.25, 0.3) is 0 Å². The number of Topliss-reactive ketones (excluding diaryl/α,β-unsaturated/α-hetero) is 1. The van der Waals surface area contributed by atoms with Crippen LogP contribution in [0.4, 0.5) is 5.13 Å². The molecule has 1 N–H and O–H groups in total. The van der Waals surface area contributed by atoms with Crippen LogP contribution in [0.25, 0.3) is 0 Å². The van der Waals surface area contributed by atoms with Gasteiger partial charge in [0.2, 0.25) is 5.91 Å². The minimum absolute atomic E-state index is 0.0136. The number of hydrogen-bond acceptors (Lipinski definition) is 4. The summed E-state index contributed by atoms with van der Waals surface area (Å²) < 4.78 is 0. The van der Waals surface area contributed by atoms with E-state index in [0.717, 1.165) is 12.8 Å². The molecule has 1 fully saturated rings. The number of rotatable bonds is 4. The highest BCUT2D eigenvalue weighted by molar-refractivity contribution is 7.17. The molecule has 1 aliphatic rings. The third kappa shape index (κ3) is 3.63. The fourth-order valence-corrected chi connectivity index (χ4v) is 3.05. The zero-order valence-corrected chi connectivity index (χ0v) is 11.4. The van der Waals surface area contributed by atoms with Crippen LogP contribution in [0.3, 0.4) is 0 Å². The van der Waals surface area contributed by atoms with Gasteiger partial charge in [-0.25, -0.2) is 4.98 Å². The van der Waals surface area contributed by atoms with Gasteiger partial charge in [-0.2, -0.15) is 0 Å². The molecule has 0 aliphatic heterocycles. The topological polar surface area (TPSA) is 59.1 Å². The van der Waals surface area contributed by atoms with Crippen LogP contribution < -0.4 is 5.32 Å². The Bertz CT molecular complexity index is 436. The lowest BCUT2D eigenvalue weighted by atomic mass is 9.87. The SMILES string of the molecule is CC(=O)c1cnc(NC(=O)CC2CCCCC2)s1. The van der Waals surface area contributed by atoms with Crippen molar-refractivity contribution in [1.29, 1.82) is 0 Å². The van der Waals surface area contributed by atoms with Crippen molar-refractivity contribution in [1.82, 2.24) is 4.98 Å². The van der Waals surface area contributed by atoms with Crippen LogP contribution in [0.5, 0.6) is 0 Å². The number of ketones is 1. The first-order chi connectivity index (χ1) is 8.65. The van der Waals surface area contributed by atoms with Crippen LogP contribution in [-0.2, 0) is 4.79 Å². The van der Waals surface area contributed by atoms with Gasteiger partial charge in [0, 0.05) is 13.3 Å². The van der Waals surface area contributed by atoms with Crippen molar-refractivity contribution < 1.29 is 9.59 Å². The summed E-state index contributed by atoms with van der Waals surface area (Å²) in [5.74, 6) is 0.526. The average Bonchev–Trinajstić information content (AvgIpc) is 2.78. The standard InChI is InChI=1S/C13H18N2O2S/c1-9(16)11-8-14-13(18-11)15-12(17)7-10-5-3-2-4-6-10/h8,10H,2-7H2,1H3,(H,14,15,17). The number of anilines is 1. The Morgan fingerprint density at radius 1 is 1.39 bits per heavy atom. The first kappa shape index (κ1) is 13.2. The molecule has 18 heavy (non-hydrogen) atoms. The van der Waals surface area contributed by atoms with Crippen LogP contribution in [-0.4, -0.2) is 16.7 Å². The maximum atomic E-state index is 11.8. The predicted octanol–water partition coefficient (Wildman–Crippen LogP) is 3.25. The number of thiazole rings is 1. The second-order valence-electron chi connectivity index (χ2n) is 4.84. The predicted molar refractivity (Wildman–Crippen MR) is 71.9 cm³/mol. The number of carbonyl (C=O) groups excluding carboxylic acids is 2. The van der Waals surface area contributed by atoms with Crippen molar-refractivity contribution in [3.05, 3.63) is 11.1 Å². The molecule has 1 heterocycles. The van der Waals surface area contributed by atoms with Crippen LogP contribution in [0.15, 0.2) is 6.20 Å². The Labute approximate surface area is 111 Å². The summed E-state index contributed by atoms with van der Waals surface area (Å²) in [4.78, 5) is 27.6. The minimum Gasteiger partial charge on any atom is -0.302 e. The van der Waals surface area contributed by atoms with Gasteiger partial charge in [0.15, 0.2) is 10.9 Å². The number of aromatic nitrogens is 1. The molecule has 0 spiro atoms. The second kappa shape index (κ2) is 6.09. The first-order valence-electron chi connectivity index (χ1n) is 6.42. The van der Waals surface area contributed by atoms with Crippen molar-refractivity contribution in [3.8, 4) is 0 Å². The fourth-order valence-electron chi connectivity index (χ4n) is 2.32. The molecule has 98 valence electrons. The molecular formula is C13H18N2O2S. The van der Waals surface area contributed by atoms with Gasteiger partial charge in [-0.15, -0.1) is 0 Å². The van der Waals surface area contributed by atoms with E-state index in [1.54, 1.807) is 0 Å². The van der Waals surface area contributed by atoms with Gasteiger partial charge in [-0.05, 0) is 18.8 Å². The summed E-state index contributed by atoms with van der Waals surface area (Å²) in [6.45, 7) is 1.50. The molecule has 0 saturated heterocycles. The van der Waals surface area contributed by atoms with E-state index in [2.05, 4.69) is 10.3 Å². The first-order valence-corrected chi connectivity index (χ1v) is 7.23. The number of nitrogens with one attached hydrogen (secondary N) is 1. The second-order valence-corrected chi connectivity index (χ2v) is 5.87. The number of amides is 1. The highest BCUT2D eigenvalue weighted by atomic mass is 32.1. The summed E-state index contributed by atoms with van der Waals surface area (Å²) in [7, 11) is 0. The third-order valence-corrected chi connectivity index (χ3v) is 4.31. The van der Waals surface area contributed by atoms with Crippen molar-refractivity contribution in [2.24, 2.45) is 5.92 Å². The van der Waals surface area contributed by atoms with Crippen molar-refractivity contribution in [2.75, 3.05) is 5.32 Å². The molecule has 0 atom stereocenters. The largest absolute Gasteiger partial charge is 0.302 e. The Kier molecular flexibility index (Phi) is 4.47. The van der Waals surface area contributed by atoms with E-state index >= 15 is 0 Å². The molecular weight excluding hydrogens is 248 g/mol. The summed E-state index contributed by atoms with van der Waals surface area (Å²) in [5.41, 5.74) is 0. The molecule has 2 rings (SSSR count). The maximum absolute atomic E-state index is 11.8. The third-order valence-electron chi connectivity index (χ3n) is 3.30. The molecule has 4 nitrogen and oxygen atoms in total. The number of hydrogen-bond donors (Lipinski definition) is 1. The highest BCUT2D eigenvalue weighted by Gasteiger charge is 2.17. The molecule has 1 aromatic rings. The molecule has 5 heteroatoms. The monoisotopic (exact) mass is 266 g/mol.